The molecule has 2 unspecified atom stereocenters. The molecule has 0 fully saturated rings. The van der Waals surface area contributed by atoms with E-state index in [2.05, 4.69) is 27.7 Å². The number of ketones is 1. The second kappa shape index (κ2) is 9.49. The Morgan fingerprint density at radius 1 is 0.714 bits per heavy atom. The van der Waals surface area contributed by atoms with Gasteiger partial charge in [-0.2, -0.15) is 0 Å². The number of hydrogen-bond acceptors (Lipinski definition) is 3. The van der Waals surface area contributed by atoms with Crippen LogP contribution in [0.2, 0.25) is 0 Å². The van der Waals surface area contributed by atoms with Crippen molar-refractivity contribution in [2.75, 3.05) is 0 Å². The summed E-state index contributed by atoms with van der Waals surface area (Å²) in [5, 5.41) is 20.9. The highest BCUT2D eigenvalue weighted by Gasteiger charge is 2.20. The third-order valence-corrected chi connectivity index (χ3v) is 5.43. The maximum Gasteiger partial charge on any atom is 0.193 e. The van der Waals surface area contributed by atoms with Crippen LogP contribution in [0.15, 0.2) is 36.4 Å². The molecule has 2 rings (SSSR count). The minimum absolute atomic E-state index is 0.0836. The molecule has 2 aromatic rings. The van der Waals surface area contributed by atoms with Gasteiger partial charge in [0.2, 0.25) is 0 Å². The molecule has 0 spiro atoms. The molecule has 0 aromatic heterocycles. The largest absolute Gasteiger partial charge is 0.388 e. The molecule has 0 aliphatic carbocycles. The molecule has 0 saturated heterocycles. The number of carbonyl (C=O) groups is 1. The van der Waals surface area contributed by atoms with Crippen LogP contribution in [0.25, 0.3) is 0 Å². The van der Waals surface area contributed by atoms with Crippen molar-refractivity contribution in [1.82, 2.24) is 0 Å². The summed E-state index contributed by atoms with van der Waals surface area (Å²) in [5.74, 6) is 0.466. The lowest BCUT2D eigenvalue weighted by Crippen LogP contribution is -2.10. The first kappa shape index (κ1) is 22.3. The van der Waals surface area contributed by atoms with E-state index >= 15 is 0 Å². The molecule has 2 N–H and O–H groups in total. The summed E-state index contributed by atoms with van der Waals surface area (Å²) in [7, 11) is 0. The predicted molar refractivity (Wildman–Crippen MR) is 115 cm³/mol. The van der Waals surface area contributed by atoms with Gasteiger partial charge in [-0.05, 0) is 59.1 Å². The van der Waals surface area contributed by atoms with Gasteiger partial charge in [-0.15, -0.1) is 0 Å². The van der Waals surface area contributed by atoms with Crippen molar-refractivity contribution in [1.29, 1.82) is 0 Å². The van der Waals surface area contributed by atoms with Gasteiger partial charge in [-0.1, -0.05) is 65.8 Å². The zero-order chi connectivity index (χ0) is 21.0. The SMILES string of the molecule is CCC(O)c1cc(C(=O)c2ccc(C(C)C)c(C(O)CC)c2)ccc1C(C)C. The molecular formula is C25H34O3. The highest BCUT2D eigenvalue weighted by Crippen LogP contribution is 2.31. The van der Waals surface area contributed by atoms with E-state index in [1.54, 1.807) is 0 Å². The fraction of sp³-hybridized carbons (Fsp3) is 0.480. The molecule has 0 heterocycles. The van der Waals surface area contributed by atoms with Crippen LogP contribution in [0.3, 0.4) is 0 Å². The van der Waals surface area contributed by atoms with Crippen molar-refractivity contribution in [3.8, 4) is 0 Å². The first-order valence-electron chi connectivity index (χ1n) is 10.4. The number of aliphatic hydroxyl groups is 2. The lowest BCUT2D eigenvalue weighted by atomic mass is 9.87. The first-order valence-corrected chi connectivity index (χ1v) is 10.4. The molecule has 0 aliphatic heterocycles. The second-order valence-electron chi connectivity index (χ2n) is 8.17. The third kappa shape index (κ3) is 4.71. The highest BCUT2D eigenvalue weighted by atomic mass is 16.3. The van der Waals surface area contributed by atoms with Crippen molar-refractivity contribution in [3.05, 3.63) is 69.8 Å². The predicted octanol–water partition coefficient (Wildman–Crippen LogP) is 6.05. The Hall–Kier alpha value is -1.97. The zero-order valence-corrected chi connectivity index (χ0v) is 18.0. The van der Waals surface area contributed by atoms with E-state index in [1.807, 2.05) is 50.2 Å². The molecule has 0 aliphatic rings. The fourth-order valence-electron chi connectivity index (χ4n) is 3.67. The zero-order valence-electron chi connectivity index (χ0n) is 18.0. The minimum Gasteiger partial charge on any atom is -0.388 e. The van der Waals surface area contributed by atoms with E-state index in [0.717, 1.165) is 22.3 Å². The molecule has 152 valence electrons. The van der Waals surface area contributed by atoms with Gasteiger partial charge in [0, 0.05) is 11.1 Å². The van der Waals surface area contributed by atoms with Crippen LogP contribution in [-0.2, 0) is 0 Å². The lowest BCUT2D eigenvalue weighted by Gasteiger charge is -2.19. The van der Waals surface area contributed by atoms with E-state index in [9.17, 15) is 15.0 Å². The lowest BCUT2D eigenvalue weighted by molar-refractivity contribution is 0.103. The quantitative estimate of drug-likeness (QED) is 0.546. The third-order valence-electron chi connectivity index (χ3n) is 5.43. The van der Waals surface area contributed by atoms with Crippen molar-refractivity contribution in [2.24, 2.45) is 0 Å². The molecule has 0 radical (unpaired) electrons. The van der Waals surface area contributed by atoms with Crippen molar-refractivity contribution >= 4 is 5.78 Å². The van der Waals surface area contributed by atoms with E-state index in [4.69, 9.17) is 0 Å². The number of benzene rings is 2. The smallest absolute Gasteiger partial charge is 0.193 e. The van der Waals surface area contributed by atoms with Crippen LogP contribution in [0.5, 0.6) is 0 Å². The van der Waals surface area contributed by atoms with Crippen molar-refractivity contribution in [3.63, 3.8) is 0 Å². The topological polar surface area (TPSA) is 57.5 Å². The first-order chi connectivity index (χ1) is 13.2. The van der Waals surface area contributed by atoms with Crippen LogP contribution in [0.4, 0.5) is 0 Å². The van der Waals surface area contributed by atoms with E-state index in [0.29, 0.717) is 24.0 Å². The van der Waals surface area contributed by atoms with Gasteiger partial charge in [-0.3, -0.25) is 4.79 Å². The second-order valence-corrected chi connectivity index (χ2v) is 8.17. The van der Waals surface area contributed by atoms with E-state index in [1.165, 1.54) is 0 Å². The summed E-state index contributed by atoms with van der Waals surface area (Å²) < 4.78 is 0. The fourth-order valence-corrected chi connectivity index (χ4v) is 3.67. The number of carbonyl (C=O) groups excluding carboxylic acids is 1. The van der Waals surface area contributed by atoms with Crippen LogP contribution >= 0.6 is 0 Å². The Morgan fingerprint density at radius 3 is 1.36 bits per heavy atom. The molecule has 28 heavy (non-hydrogen) atoms. The average Bonchev–Trinajstić information content (AvgIpc) is 2.70. The molecule has 0 bridgehead atoms. The van der Waals surface area contributed by atoms with Crippen molar-refractivity contribution in [2.45, 2.75) is 78.4 Å². The summed E-state index contributed by atoms with van der Waals surface area (Å²) in [6, 6.07) is 11.3. The molecular weight excluding hydrogens is 348 g/mol. The van der Waals surface area contributed by atoms with Crippen molar-refractivity contribution < 1.29 is 15.0 Å². The normalized spacial score (nSPS) is 13.8. The Bertz CT molecular complexity index is 753. The number of aliphatic hydroxyl groups excluding tert-OH is 2. The molecule has 2 atom stereocenters. The van der Waals surface area contributed by atoms with Gasteiger partial charge in [0.05, 0.1) is 12.2 Å². The molecule has 3 heteroatoms. The van der Waals surface area contributed by atoms with Crippen LogP contribution in [0.1, 0.15) is 117 Å². The van der Waals surface area contributed by atoms with Gasteiger partial charge < -0.3 is 10.2 Å². The number of rotatable bonds is 8. The standard InChI is InChI=1S/C25H34O3/c1-7-23(26)21-13-17(9-11-19(21)15(3)4)25(28)18-10-12-20(16(5)6)22(14-18)24(27)8-2/h9-16,23-24,26-27H,7-8H2,1-6H3. The Morgan fingerprint density at radius 2 is 1.07 bits per heavy atom. The van der Waals surface area contributed by atoms with Gasteiger partial charge in [0.25, 0.3) is 0 Å². The van der Waals surface area contributed by atoms with Crippen LogP contribution in [-0.4, -0.2) is 16.0 Å². The summed E-state index contributed by atoms with van der Waals surface area (Å²) in [5.41, 5.74) is 4.94. The Labute approximate surface area is 169 Å². The van der Waals surface area contributed by atoms with Gasteiger partial charge in [0.15, 0.2) is 5.78 Å². The average molecular weight is 383 g/mol. The highest BCUT2D eigenvalue weighted by molar-refractivity contribution is 6.09. The summed E-state index contributed by atoms with van der Waals surface area (Å²) in [6.07, 6.45) is 0.0532. The minimum atomic E-state index is -0.578. The maximum atomic E-state index is 13.2. The van der Waals surface area contributed by atoms with Gasteiger partial charge in [0.1, 0.15) is 0 Å². The van der Waals surface area contributed by atoms with E-state index in [-0.39, 0.29) is 17.6 Å². The molecule has 3 nitrogen and oxygen atoms in total. The number of hydrogen-bond donors (Lipinski definition) is 2. The summed E-state index contributed by atoms with van der Waals surface area (Å²) >= 11 is 0. The molecule has 0 saturated carbocycles. The van der Waals surface area contributed by atoms with Crippen LogP contribution in [0, 0.1) is 0 Å². The van der Waals surface area contributed by atoms with Crippen LogP contribution < -0.4 is 0 Å². The Balaban J connectivity index is 2.51. The van der Waals surface area contributed by atoms with Gasteiger partial charge >= 0.3 is 0 Å². The maximum absolute atomic E-state index is 13.2. The Kier molecular flexibility index (Phi) is 7.56. The monoisotopic (exact) mass is 382 g/mol. The van der Waals surface area contributed by atoms with Gasteiger partial charge in [-0.25, -0.2) is 0 Å². The van der Waals surface area contributed by atoms with E-state index < -0.39 is 12.2 Å². The molecule has 0 amide bonds. The summed E-state index contributed by atoms with van der Waals surface area (Å²) in [6.45, 7) is 12.2. The molecule has 2 aromatic carbocycles. The summed E-state index contributed by atoms with van der Waals surface area (Å²) in [4.78, 5) is 13.2.